The Hall–Kier alpha value is -2.90. The summed E-state index contributed by atoms with van der Waals surface area (Å²) in [6, 6.07) is 7.97. The van der Waals surface area contributed by atoms with Gasteiger partial charge in [0.25, 0.3) is 0 Å². The second-order valence-electron chi connectivity index (χ2n) is 5.40. The first kappa shape index (κ1) is 19.4. The predicted octanol–water partition coefficient (Wildman–Crippen LogP) is 2.99. The number of ether oxygens (including phenoxy) is 2. The maximum absolute atomic E-state index is 14.2. The van der Waals surface area contributed by atoms with E-state index in [9.17, 15) is 18.4 Å². The lowest BCUT2D eigenvalue weighted by atomic mass is 9.91. The van der Waals surface area contributed by atoms with E-state index in [1.165, 1.54) is 19.1 Å². The fourth-order valence-corrected chi connectivity index (χ4v) is 2.40. The van der Waals surface area contributed by atoms with Gasteiger partial charge < -0.3 is 9.47 Å². The number of alkyl halides is 2. The molecule has 0 bridgehead atoms. The van der Waals surface area contributed by atoms with Crippen molar-refractivity contribution in [1.29, 1.82) is 0 Å². The van der Waals surface area contributed by atoms with Crippen LogP contribution in [0.3, 0.4) is 0 Å². The van der Waals surface area contributed by atoms with E-state index < -0.39 is 30.2 Å². The van der Waals surface area contributed by atoms with Crippen LogP contribution in [0.25, 0.3) is 11.4 Å². The van der Waals surface area contributed by atoms with Crippen LogP contribution in [0, 0.1) is 0 Å². The van der Waals surface area contributed by atoms with Crippen LogP contribution < -0.4 is 0 Å². The van der Waals surface area contributed by atoms with E-state index in [2.05, 4.69) is 19.4 Å². The molecule has 0 spiro atoms. The molecule has 138 valence electrons. The normalized spacial score (nSPS) is 12.3. The van der Waals surface area contributed by atoms with Crippen LogP contribution in [0.4, 0.5) is 8.78 Å². The minimum Gasteiger partial charge on any atom is -0.469 e. The van der Waals surface area contributed by atoms with Gasteiger partial charge in [-0.05, 0) is 24.6 Å². The number of nitrogens with zero attached hydrogens (tertiary/aromatic N) is 2. The molecule has 0 aliphatic rings. The van der Waals surface area contributed by atoms with Crippen LogP contribution in [0.5, 0.6) is 0 Å². The third-order valence-corrected chi connectivity index (χ3v) is 3.63. The first-order chi connectivity index (χ1) is 12.4. The molecule has 1 aromatic carbocycles. The first-order valence-corrected chi connectivity index (χ1v) is 7.89. The van der Waals surface area contributed by atoms with Gasteiger partial charge >= 0.3 is 17.9 Å². The number of aromatic nitrogens is 2. The maximum Gasteiger partial charge on any atom is 0.377 e. The second kappa shape index (κ2) is 8.46. The second-order valence-corrected chi connectivity index (χ2v) is 5.40. The highest BCUT2D eigenvalue weighted by Crippen LogP contribution is 2.33. The molecule has 1 heterocycles. The SMILES string of the molecule is CCOC(=O)C(F)(F)C[C@H](C(=O)OC)c1cccc(-c2ncccn2)c1. The van der Waals surface area contributed by atoms with E-state index in [1.54, 1.807) is 30.6 Å². The van der Waals surface area contributed by atoms with Gasteiger partial charge in [0.15, 0.2) is 5.82 Å². The lowest BCUT2D eigenvalue weighted by molar-refractivity contribution is -0.174. The monoisotopic (exact) mass is 364 g/mol. The van der Waals surface area contributed by atoms with Crippen LogP contribution in [0.2, 0.25) is 0 Å². The van der Waals surface area contributed by atoms with Gasteiger partial charge in [0.2, 0.25) is 0 Å². The molecule has 0 N–H and O–H groups in total. The van der Waals surface area contributed by atoms with Gasteiger partial charge in [-0.25, -0.2) is 14.8 Å². The number of halogens is 2. The summed E-state index contributed by atoms with van der Waals surface area (Å²) in [7, 11) is 1.10. The molecule has 0 aliphatic carbocycles. The molecule has 0 amide bonds. The summed E-state index contributed by atoms with van der Waals surface area (Å²) in [5, 5.41) is 0. The Morgan fingerprint density at radius 3 is 2.50 bits per heavy atom. The van der Waals surface area contributed by atoms with E-state index in [-0.39, 0.29) is 12.2 Å². The molecule has 0 fully saturated rings. The minimum atomic E-state index is -3.83. The Bertz CT molecular complexity index is 769. The van der Waals surface area contributed by atoms with Crippen molar-refractivity contribution in [3.63, 3.8) is 0 Å². The van der Waals surface area contributed by atoms with Crippen molar-refractivity contribution in [2.45, 2.75) is 25.2 Å². The number of methoxy groups -OCH3 is 1. The molecule has 2 rings (SSSR count). The average molecular weight is 364 g/mol. The summed E-state index contributed by atoms with van der Waals surface area (Å²) in [5.74, 6) is -7.33. The summed E-state index contributed by atoms with van der Waals surface area (Å²) < 4.78 is 37.3. The first-order valence-electron chi connectivity index (χ1n) is 7.89. The largest absolute Gasteiger partial charge is 0.469 e. The molecular weight excluding hydrogens is 346 g/mol. The molecule has 8 heteroatoms. The minimum absolute atomic E-state index is 0.182. The van der Waals surface area contributed by atoms with Crippen LogP contribution in [-0.2, 0) is 19.1 Å². The van der Waals surface area contributed by atoms with Gasteiger partial charge in [-0.2, -0.15) is 8.78 Å². The van der Waals surface area contributed by atoms with Gasteiger partial charge in [-0.1, -0.05) is 18.2 Å². The molecule has 0 unspecified atom stereocenters. The van der Waals surface area contributed by atoms with E-state index >= 15 is 0 Å². The topological polar surface area (TPSA) is 78.4 Å². The molecule has 0 aliphatic heterocycles. The van der Waals surface area contributed by atoms with Gasteiger partial charge in [0.05, 0.1) is 19.6 Å². The van der Waals surface area contributed by atoms with Crippen molar-refractivity contribution >= 4 is 11.9 Å². The van der Waals surface area contributed by atoms with Gasteiger partial charge in [-0.15, -0.1) is 0 Å². The zero-order valence-electron chi connectivity index (χ0n) is 14.3. The number of benzene rings is 1. The lowest BCUT2D eigenvalue weighted by Crippen LogP contribution is -2.34. The number of carbonyl (C=O) groups is 2. The molecular formula is C18H18F2N2O4. The van der Waals surface area contributed by atoms with Crippen LogP contribution >= 0.6 is 0 Å². The summed E-state index contributed by atoms with van der Waals surface area (Å²) >= 11 is 0. The van der Waals surface area contributed by atoms with Crippen LogP contribution in [0.1, 0.15) is 24.8 Å². The Morgan fingerprint density at radius 1 is 1.19 bits per heavy atom. The molecule has 1 aromatic heterocycles. The van der Waals surface area contributed by atoms with Crippen molar-refractivity contribution in [3.8, 4) is 11.4 Å². The highest BCUT2D eigenvalue weighted by Gasteiger charge is 2.45. The van der Waals surface area contributed by atoms with Crippen molar-refractivity contribution in [3.05, 3.63) is 48.3 Å². The molecule has 0 saturated carbocycles. The zero-order valence-corrected chi connectivity index (χ0v) is 14.3. The van der Waals surface area contributed by atoms with E-state index in [0.717, 1.165) is 7.11 Å². The number of rotatable bonds is 7. The molecule has 1 atom stereocenters. The Labute approximate surface area is 149 Å². The van der Waals surface area contributed by atoms with E-state index in [4.69, 9.17) is 0 Å². The lowest BCUT2D eigenvalue weighted by Gasteiger charge is -2.21. The van der Waals surface area contributed by atoms with E-state index in [0.29, 0.717) is 11.4 Å². The van der Waals surface area contributed by atoms with Crippen LogP contribution in [0.15, 0.2) is 42.7 Å². The maximum atomic E-state index is 14.2. The van der Waals surface area contributed by atoms with E-state index in [1.807, 2.05) is 0 Å². The fraction of sp³-hybridized carbons (Fsp3) is 0.333. The smallest absolute Gasteiger partial charge is 0.377 e. The van der Waals surface area contributed by atoms with Crippen molar-refractivity contribution in [2.75, 3.05) is 13.7 Å². The number of hydrogen-bond acceptors (Lipinski definition) is 6. The van der Waals surface area contributed by atoms with Crippen molar-refractivity contribution in [1.82, 2.24) is 9.97 Å². The average Bonchev–Trinajstić information content (AvgIpc) is 2.66. The van der Waals surface area contributed by atoms with Gasteiger partial charge in [0, 0.05) is 24.4 Å². The molecule has 26 heavy (non-hydrogen) atoms. The fourth-order valence-electron chi connectivity index (χ4n) is 2.40. The molecule has 0 saturated heterocycles. The Morgan fingerprint density at radius 2 is 1.88 bits per heavy atom. The zero-order chi connectivity index (χ0) is 19.2. The molecule has 6 nitrogen and oxygen atoms in total. The summed E-state index contributed by atoms with van der Waals surface area (Å²) in [5.41, 5.74) is 0.822. The third kappa shape index (κ3) is 4.59. The summed E-state index contributed by atoms with van der Waals surface area (Å²) in [4.78, 5) is 31.8. The van der Waals surface area contributed by atoms with Gasteiger partial charge in [-0.3, -0.25) is 4.79 Å². The molecule has 2 aromatic rings. The number of carbonyl (C=O) groups excluding carboxylic acids is 2. The Balaban J connectivity index is 2.36. The highest BCUT2D eigenvalue weighted by molar-refractivity contribution is 5.82. The van der Waals surface area contributed by atoms with Crippen molar-refractivity contribution in [2.24, 2.45) is 0 Å². The summed E-state index contributed by atoms with van der Waals surface area (Å²) in [6.45, 7) is 1.24. The Kier molecular flexibility index (Phi) is 6.32. The predicted molar refractivity (Wildman–Crippen MR) is 88.4 cm³/mol. The number of esters is 2. The summed E-state index contributed by atoms with van der Waals surface area (Å²) in [6.07, 6.45) is 2.03. The number of hydrogen-bond donors (Lipinski definition) is 0. The van der Waals surface area contributed by atoms with Gasteiger partial charge in [0.1, 0.15) is 0 Å². The molecule has 0 radical (unpaired) electrons. The van der Waals surface area contributed by atoms with Crippen LogP contribution in [-0.4, -0.2) is 41.5 Å². The quantitative estimate of drug-likeness (QED) is 0.703. The third-order valence-electron chi connectivity index (χ3n) is 3.63. The highest BCUT2D eigenvalue weighted by atomic mass is 19.3. The standard InChI is InChI=1S/C18H18F2N2O4/c1-3-26-17(24)18(19,20)11-14(16(23)25-2)12-6-4-7-13(10-12)15-21-8-5-9-22-15/h4-10,14H,3,11H2,1-2H3/t14-/m0/s1. The van der Waals surface area contributed by atoms with Crippen molar-refractivity contribution < 1.29 is 27.8 Å².